The van der Waals surface area contributed by atoms with Gasteiger partial charge in [0.2, 0.25) is 0 Å². The van der Waals surface area contributed by atoms with Crippen LogP contribution in [0.15, 0.2) is 18.2 Å². The van der Waals surface area contributed by atoms with E-state index < -0.39 is 12.2 Å². The number of ether oxygens (including phenoxy) is 3. The molecule has 0 aliphatic rings. The molecule has 2 atom stereocenters. The summed E-state index contributed by atoms with van der Waals surface area (Å²) in [6, 6.07) is 5.15. The molecule has 0 radical (unpaired) electrons. The van der Waals surface area contributed by atoms with Crippen LogP contribution in [0.1, 0.15) is 45.3 Å². The first kappa shape index (κ1) is 17.3. The predicted octanol–water partition coefficient (Wildman–Crippen LogP) is 2.86. The highest BCUT2D eigenvalue weighted by Crippen LogP contribution is 2.31. The van der Waals surface area contributed by atoms with E-state index in [4.69, 9.17) is 14.2 Å². The molecule has 1 N–H and O–H groups in total. The summed E-state index contributed by atoms with van der Waals surface area (Å²) in [7, 11) is 1.52. The minimum absolute atomic E-state index is 0.320. The van der Waals surface area contributed by atoms with Crippen LogP contribution in [0.5, 0.6) is 11.5 Å². The van der Waals surface area contributed by atoms with E-state index in [1.807, 2.05) is 6.92 Å². The van der Waals surface area contributed by atoms with E-state index in [2.05, 4.69) is 0 Å². The van der Waals surface area contributed by atoms with E-state index in [0.29, 0.717) is 24.5 Å². The van der Waals surface area contributed by atoms with E-state index in [0.717, 1.165) is 12.0 Å². The van der Waals surface area contributed by atoms with Crippen LogP contribution in [0.4, 0.5) is 0 Å². The van der Waals surface area contributed by atoms with Gasteiger partial charge in [0.05, 0.1) is 19.8 Å². The number of carbonyl (C=O) groups is 1. The molecule has 5 heteroatoms. The van der Waals surface area contributed by atoms with Crippen molar-refractivity contribution in [1.29, 1.82) is 0 Å². The molecule has 0 bridgehead atoms. The summed E-state index contributed by atoms with van der Waals surface area (Å²) in [5.74, 6) is 0.577. The van der Waals surface area contributed by atoms with Gasteiger partial charge in [-0.2, -0.15) is 0 Å². The number of methoxy groups -OCH3 is 1. The van der Waals surface area contributed by atoms with Crippen molar-refractivity contribution in [2.75, 3.05) is 13.7 Å². The van der Waals surface area contributed by atoms with Crippen molar-refractivity contribution in [1.82, 2.24) is 0 Å². The SMILES string of the molecule is CCCC(Oc1ccc([C@H](C)O)cc1OC)C(=O)OCC. The molecule has 1 rings (SSSR count). The van der Waals surface area contributed by atoms with Gasteiger partial charge in [-0.15, -0.1) is 0 Å². The summed E-state index contributed by atoms with van der Waals surface area (Å²) in [6.07, 6.45) is 0.128. The van der Waals surface area contributed by atoms with Crippen molar-refractivity contribution in [2.24, 2.45) is 0 Å². The van der Waals surface area contributed by atoms with Crippen LogP contribution in [0.2, 0.25) is 0 Å². The van der Waals surface area contributed by atoms with Gasteiger partial charge in [0.1, 0.15) is 0 Å². The van der Waals surface area contributed by atoms with Crippen LogP contribution in [-0.4, -0.2) is 30.9 Å². The summed E-state index contributed by atoms with van der Waals surface area (Å²) >= 11 is 0. The molecule has 0 saturated heterocycles. The number of benzene rings is 1. The van der Waals surface area contributed by atoms with E-state index in [9.17, 15) is 9.90 Å². The third-order valence-corrected chi connectivity index (χ3v) is 3.04. The molecule has 0 heterocycles. The molecule has 21 heavy (non-hydrogen) atoms. The molecule has 1 aromatic rings. The standard InChI is InChI=1S/C16H24O5/c1-5-7-14(16(18)20-6-2)21-13-9-8-12(11(3)17)10-15(13)19-4/h8-11,14,17H,5-7H2,1-4H3/t11-,14?/m0/s1. The van der Waals surface area contributed by atoms with Crippen molar-refractivity contribution >= 4 is 5.97 Å². The quantitative estimate of drug-likeness (QED) is 0.747. The van der Waals surface area contributed by atoms with Gasteiger partial charge < -0.3 is 19.3 Å². The number of carbonyl (C=O) groups excluding carboxylic acids is 1. The minimum Gasteiger partial charge on any atom is -0.493 e. The Balaban J connectivity index is 2.94. The van der Waals surface area contributed by atoms with Crippen LogP contribution < -0.4 is 9.47 Å². The molecule has 1 unspecified atom stereocenters. The maximum atomic E-state index is 11.9. The summed E-state index contributed by atoms with van der Waals surface area (Å²) < 4.78 is 16.0. The van der Waals surface area contributed by atoms with Crippen molar-refractivity contribution in [2.45, 2.75) is 45.8 Å². The van der Waals surface area contributed by atoms with Crippen LogP contribution in [0.3, 0.4) is 0 Å². The molecule has 0 aromatic heterocycles. The predicted molar refractivity (Wildman–Crippen MR) is 79.6 cm³/mol. The average molecular weight is 296 g/mol. The molecule has 1 aromatic carbocycles. The van der Waals surface area contributed by atoms with E-state index >= 15 is 0 Å². The Morgan fingerprint density at radius 3 is 2.52 bits per heavy atom. The molecular weight excluding hydrogens is 272 g/mol. The van der Waals surface area contributed by atoms with Crippen LogP contribution >= 0.6 is 0 Å². The van der Waals surface area contributed by atoms with Crippen molar-refractivity contribution < 1.29 is 24.1 Å². The third kappa shape index (κ3) is 4.93. The first-order chi connectivity index (χ1) is 10.0. The fourth-order valence-corrected chi connectivity index (χ4v) is 1.92. The van der Waals surface area contributed by atoms with Gasteiger partial charge in [-0.25, -0.2) is 4.79 Å². The van der Waals surface area contributed by atoms with Gasteiger partial charge in [0.15, 0.2) is 17.6 Å². The zero-order chi connectivity index (χ0) is 15.8. The fourth-order valence-electron chi connectivity index (χ4n) is 1.92. The monoisotopic (exact) mass is 296 g/mol. The van der Waals surface area contributed by atoms with Gasteiger partial charge in [-0.1, -0.05) is 19.4 Å². The van der Waals surface area contributed by atoms with E-state index in [-0.39, 0.29) is 5.97 Å². The number of rotatable bonds is 8. The van der Waals surface area contributed by atoms with Gasteiger partial charge in [-0.3, -0.25) is 0 Å². The summed E-state index contributed by atoms with van der Waals surface area (Å²) in [4.78, 5) is 11.9. The van der Waals surface area contributed by atoms with Gasteiger partial charge >= 0.3 is 5.97 Å². The molecule has 118 valence electrons. The fraction of sp³-hybridized carbons (Fsp3) is 0.562. The Hall–Kier alpha value is -1.75. The van der Waals surface area contributed by atoms with Crippen LogP contribution in [-0.2, 0) is 9.53 Å². The Kier molecular flexibility index (Phi) is 7.02. The Bertz CT molecular complexity index is 456. The molecule has 0 aliphatic carbocycles. The second-order valence-electron chi connectivity index (χ2n) is 4.73. The zero-order valence-corrected chi connectivity index (χ0v) is 13.1. The van der Waals surface area contributed by atoms with Crippen molar-refractivity contribution in [3.63, 3.8) is 0 Å². The average Bonchev–Trinajstić information content (AvgIpc) is 2.47. The maximum absolute atomic E-state index is 11.9. The lowest BCUT2D eigenvalue weighted by Gasteiger charge is -2.19. The Morgan fingerprint density at radius 1 is 1.29 bits per heavy atom. The molecular formula is C16H24O5. The smallest absolute Gasteiger partial charge is 0.347 e. The van der Waals surface area contributed by atoms with E-state index in [1.165, 1.54) is 7.11 Å². The number of aliphatic hydroxyl groups excluding tert-OH is 1. The minimum atomic E-state index is -0.652. The molecule has 0 fully saturated rings. The molecule has 0 aliphatic heterocycles. The number of aliphatic hydroxyl groups is 1. The highest BCUT2D eigenvalue weighted by molar-refractivity contribution is 5.75. The maximum Gasteiger partial charge on any atom is 0.347 e. The van der Waals surface area contributed by atoms with Crippen LogP contribution in [0, 0.1) is 0 Å². The second-order valence-corrected chi connectivity index (χ2v) is 4.73. The summed E-state index contributed by atoms with van der Waals surface area (Å²) in [6.45, 7) is 5.73. The number of hydrogen-bond donors (Lipinski definition) is 1. The first-order valence-corrected chi connectivity index (χ1v) is 7.22. The molecule has 0 amide bonds. The van der Waals surface area contributed by atoms with Crippen LogP contribution in [0.25, 0.3) is 0 Å². The molecule has 0 saturated carbocycles. The highest BCUT2D eigenvalue weighted by atomic mass is 16.6. The van der Waals surface area contributed by atoms with Gasteiger partial charge in [0, 0.05) is 0 Å². The highest BCUT2D eigenvalue weighted by Gasteiger charge is 2.22. The molecule has 0 spiro atoms. The largest absolute Gasteiger partial charge is 0.493 e. The van der Waals surface area contributed by atoms with Gasteiger partial charge in [-0.05, 0) is 38.0 Å². The number of hydrogen-bond acceptors (Lipinski definition) is 5. The topological polar surface area (TPSA) is 65.0 Å². The third-order valence-electron chi connectivity index (χ3n) is 3.04. The Labute approximate surface area is 125 Å². The van der Waals surface area contributed by atoms with Gasteiger partial charge in [0.25, 0.3) is 0 Å². The summed E-state index contributed by atoms with van der Waals surface area (Å²) in [5.41, 5.74) is 0.724. The van der Waals surface area contributed by atoms with Crippen molar-refractivity contribution in [3.05, 3.63) is 23.8 Å². The second kappa shape index (κ2) is 8.52. The lowest BCUT2D eigenvalue weighted by atomic mass is 10.1. The lowest BCUT2D eigenvalue weighted by Crippen LogP contribution is -2.29. The first-order valence-electron chi connectivity index (χ1n) is 7.22. The zero-order valence-electron chi connectivity index (χ0n) is 13.1. The van der Waals surface area contributed by atoms with Crippen molar-refractivity contribution in [3.8, 4) is 11.5 Å². The van der Waals surface area contributed by atoms with E-state index in [1.54, 1.807) is 32.0 Å². The lowest BCUT2D eigenvalue weighted by molar-refractivity contribution is -0.151. The molecule has 5 nitrogen and oxygen atoms in total. The normalized spacial score (nSPS) is 13.4. The Morgan fingerprint density at radius 2 is 2.00 bits per heavy atom. The summed E-state index contributed by atoms with van der Waals surface area (Å²) in [5, 5.41) is 9.59. The number of esters is 1.